The summed E-state index contributed by atoms with van der Waals surface area (Å²) >= 11 is 3.78. The maximum Gasteiger partial charge on any atom is 0.422 e. The van der Waals surface area contributed by atoms with Crippen LogP contribution in [0.3, 0.4) is 0 Å². The van der Waals surface area contributed by atoms with Crippen molar-refractivity contribution in [2.45, 2.75) is 26.2 Å². The van der Waals surface area contributed by atoms with E-state index in [1.54, 1.807) is 6.07 Å². The molecule has 0 fully saturated rings. The number of alkyl halides is 6. The van der Waals surface area contributed by atoms with Gasteiger partial charge < -0.3 is 0 Å². The maximum atomic E-state index is 15.2. The van der Waals surface area contributed by atoms with Crippen LogP contribution in [-0.4, -0.2) is 0 Å². The smallest absolute Gasteiger partial charge is 0.203 e. The Hall–Kier alpha value is -5.28. The first-order chi connectivity index (χ1) is 22.6. The number of benzene rings is 3. The number of nitrogens with zero attached hydrogens (tertiary/aromatic N) is 3. The van der Waals surface area contributed by atoms with E-state index < -0.39 is 103 Å². The summed E-state index contributed by atoms with van der Waals surface area (Å²) < 4.78 is 198. The molecular formula is C31H11F14N3S. The highest BCUT2D eigenvalue weighted by Crippen LogP contribution is 2.44. The Balaban J connectivity index is 2.69. The summed E-state index contributed by atoms with van der Waals surface area (Å²) in [5, 5.41) is 28.9. The van der Waals surface area contributed by atoms with E-state index in [9.17, 15) is 59.7 Å². The third-order valence-electron chi connectivity index (χ3n) is 6.73. The normalized spacial score (nSPS) is 13.3. The fraction of sp³-hybridized carbons (Fsp3) is 0.129. The monoisotopic (exact) mass is 723 g/mol. The van der Waals surface area contributed by atoms with Crippen molar-refractivity contribution >= 4 is 29.3 Å². The minimum absolute atomic E-state index is 0.0307. The molecule has 0 saturated carbocycles. The van der Waals surface area contributed by atoms with E-state index in [4.69, 9.17) is 0 Å². The van der Waals surface area contributed by atoms with Gasteiger partial charge in [-0.15, -0.1) is 12.6 Å². The van der Waals surface area contributed by atoms with Crippen molar-refractivity contribution in [1.82, 2.24) is 0 Å². The van der Waals surface area contributed by atoms with Crippen LogP contribution in [0, 0.1) is 87.5 Å². The van der Waals surface area contributed by atoms with Crippen LogP contribution in [0.5, 0.6) is 0 Å². The Labute approximate surface area is 271 Å². The summed E-state index contributed by atoms with van der Waals surface area (Å²) in [5.74, 6) is -23.7. The van der Waals surface area contributed by atoms with E-state index in [0.717, 1.165) is 25.1 Å². The molecule has 0 aromatic heterocycles. The summed E-state index contributed by atoms with van der Waals surface area (Å²) in [6.07, 6.45) is -11.5. The van der Waals surface area contributed by atoms with E-state index >= 15 is 17.6 Å². The Kier molecular flexibility index (Phi) is 10.7. The predicted octanol–water partition coefficient (Wildman–Crippen LogP) is 10.3. The number of aryl methyl sites for hydroxylation is 1. The lowest BCUT2D eigenvalue weighted by Crippen LogP contribution is -2.17. The van der Waals surface area contributed by atoms with E-state index in [0.29, 0.717) is 11.6 Å². The molecule has 0 aliphatic rings. The SMILES string of the molecule is C\C(=C/C(C(/S)=C(/C#N)c1c(F)c(F)c(C(F)(F)F)c(F)c1F)=C(/C#N)c1c(F)c(F)c(C(F)(F)F)c(F)c1F)c1cc(C#N)ccc1C. The average molecular weight is 723 g/mol. The molecule has 0 heterocycles. The van der Waals surface area contributed by atoms with Crippen LogP contribution in [0.2, 0.25) is 0 Å². The second-order valence-corrected chi connectivity index (χ2v) is 10.2. The van der Waals surface area contributed by atoms with Gasteiger partial charge >= 0.3 is 12.4 Å². The van der Waals surface area contributed by atoms with Crippen molar-refractivity contribution < 1.29 is 61.5 Å². The zero-order chi connectivity index (χ0) is 37.5. The van der Waals surface area contributed by atoms with Crippen molar-refractivity contribution in [3.8, 4) is 18.2 Å². The molecular weight excluding hydrogens is 712 g/mol. The van der Waals surface area contributed by atoms with Crippen molar-refractivity contribution in [1.29, 1.82) is 15.8 Å². The number of thiol groups is 1. The molecule has 0 radical (unpaired) electrons. The van der Waals surface area contributed by atoms with Gasteiger partial charge in [0.25, 0.3) is 0 Å². The molecule has 18 heteroatoms. The number of allylic oxidation sites excluding steroid dienone is 5. The van der Waals surface area contributed by atoms with Crippen LogP contribution in [0.15, 0.2) is 34.8 Å². The first-order valence-electron chi connectivity index (χ1n) is 12.6. The van der Waals surface area contributed by atoms with Gasteiger partial charge in [-0.05, 0) is 48.8 Å². The lowest BCUT2D eigenvalue weighted by Gasteiger charge is -2.18. The van der Waals surface area contributed by atoms with E-state index in [-0.39, 0.29) is 16.7 Å². The van der Waals surface area contributed by atoms with Crippen LogP contribution in [-0.2, 0) is 12.4 Å². The molecule has 0 saturated heterocycles. The molecule has 0 amide bonds. The summed E-state index contributed by atoms with van der Waals surface area (Å²) in [5.41, 5.74) is -15.3. The number of hydrogen-bond donors (Lipinski definition) is 1. The first kappa shape index (κ1) is 38.2. The Morgan fingerprint density at radius 2 is 1.04 bits per heavy atom. The van der Waals surface area contributed by atoms with Crippen molar-refractivity contribution in [3.05, 3.63) is 120 Å². The number of rotatable bonds is 5. The minimum Gasteiger partial charge on any atom is -0.203 e. The van der Waals surface area contributed by atoms with Crippen molar-refractivity contribution in [2.75, 3.05) is 0 Å². The van der Waals surface area contributed by atoms with Crippen molar-refractivity contribution in [2.24, 2.45) is 0 Å². The molecule has 3 nitrogen and oxygen atoms in total. The van der Waals surface area contributed by atoms with Gasteiger partial charge in [0.1, 0.15) is 23.3 Å². The maximum absolute atomic E-state index is 15.2. The largest absolute Gasteiger partial charge is 0.422 e. The molecule has 254 valence electrons. The molecule has 0 aliphatic carbocycles. The zero-order valence-electron chi connectivity index (χ0n) is 23.9. The molecule has 0 unspecified atom stereocenters. The summed E-state index contributed by atoms with van der Waals surface area (Å²) in [6, 6.07) is 7.53. The predicted molar refractivity (Wildman–Crippen MR) is 146 cm³/mol. The van der Waals surface area contributed by atoms with Crippen LogP contribution in [0.1, 0.15) is 45.9 Å². The van der Waals surface area contributed by atoms with Crippen LogP contribution in [0.25, 0.3) is 16.7 Å². The highest BCUT2D eigenvalue weighted by molar-refractivity contribution is 7.85. The third kappa shape index (κ3) is 6.85. The van der Waals surface area contributed by atoms with Gasteiger partial charge in [0.05, 0.1) is 33.9 Å². The van der Waals surface area contributed by atoms with Gasteiger partial charge in [0.2, 0.25) is 0 Å². The fourth-order valence-electron chi connectivity index (χ4n) is 4.48. The first-order valence-corrected chi connectivity index (χ1v) is 13.1. The molecule has 0 aliphatic heterocycles. The van der Waals surface area contributed by atoms with Crippen LogP contribution < -0.4 is 0 Å². The van der Waals surface area contributed by atoms with Crippen LogP contribution >= 0.6 is 12.6 Å². The second kappa shape index (κ2) is 13.7. The highest BCUT2D eigenvalue weighted by Gasteiger charge is 2.44. The van der Waals surface area contributed by atoms with Gasteiger partial charge in [0, 0.05) is 10.5 Å². The highest BCUT2D eigenvalue weighted by atomic mass is 32.1. The molecule has 0 spiro atoms. The van der Waals surface area contributed by atoms with E-state index in [1.165, 1.54) is 19.1 Å². The van der Waals surface area contributed by atoms with Gasteiger partial charge in [0.15, 0.2) is 46.5 Å². The van der Waals surface area contributed by atoms with Gasteiger partial charge in [-0.3, -0.25) is 0 Å². The Morgan fingerprint density at radius 3 is 1.39 bits per heavy atom. The Bertz CT molecular complexity index is 2080. The standard InChI is InChI=1S/C31H11F14N3S/c1-10-3-4-12(7-46)6-13(10)11(2)5-14(15(8-47)17-21(32)25(36)19(30(40,41)42)26(37)22(17)33)29(49)16(9-48)18-23(34)27(38)20(31(43,44)45)28(39)24(18)35/h3-6,49H,1-2H3/b11-5+,15-14+,29-16+. The molecule has 49 heavy (non-hydrogen) atoms. The quantitative estimate of drug-likeness (QED) is 0.0937. The topological polar surface area (TPSA) is 71.4 Å². The number of nitriles is 3. The van der Waals surface area contributed by atoms with E-state index in [2.05, 4.69) is 12.6 Å². The summed E-state index contributed by atoms with van der Waals surface area (Å²) in [7, 11) is 0. The second-order valence-electron chi connectivity index (χ2n) is 9.71. The molecule has 0 N–H and O–H groups in total. The van der Waals surface area contributed by atoms with E-state index in [1.807, 2.05) is 0 Å². The van der Waals surface area contributed by atoms with Gasteiger partial charge in [-0.2, -0.15) is 42.1 Å². The minimum atomic E-state index is -6.04. The molecule has 0 atom stereocenters. The summed E-state index contributed by atoms with van der Waals surface area (Å²) in [4.78, 5) is -1.44. The molecule has 3 aromatic rings. The Morgan fingerprint density at radius 1 is 0.653 bits per heavy atom. The number of hydrogen-bond acceptors (Lipinski definition) is 4. The zero-order valence-corrected chi connectivity index (χ0v) is 24.8. The summed E-state index contributed by atoms with van der Waals surface area (Å²) in [6.45, 7) is 2.53. The van der Waals surface area contributed by atoms with Crippen LogP contribution in [0.4, 0.5) is 61.5 Å². The third-order valence-corrected chi connectivity index (χ3v) is 7.20. The molecule has 0 bridgehead atoms. The molecule has 3 rings (SSSR count). The van der Waals surface area contributed by atoms with Gasteiger partial charge in [-0.1, -0.05) is 6.07 Å². The lowest BCUT2D eigenvalue weighted by atomic mass is 9.91. The molecule has 3 aromatic carbocycles. The number of halogens is 14. The fourth-order valence-corrected chi connectivity index (χ4v) is 4.82. The lowest BCUT2D eigenvalue weighted by molar-refractivity contribution is -0.144. The van der Waals surface area contributed by atoms with Crippen molar-refractivity contribution in [3.63, 3.8) is 0 Å². The van der Waals surface area contributed by atoms with Gasteiger partial charge in [-0.25, -0.2) is 35.1 Å². The average Bonchev–Trinajstić information content (AvgIpc) is 3.01.